The maximum atomic E-state index is 13.8. The van der Waals surface area contributed by atoms with Crippen molar-refractivity contribution in [3.05, 3.63) is 28.1 Å². The number of rotatable bonds is 9. The van der Waals surface area contributed by atoms with Crippen LogP contribution in [0.5, 0.6) is 5.75 Å². The highest BCUT2D eigenvalue weighted by atomic mass is 19.1. The molecule has 1 aliphatic rings. The summed E-state index contributed by atoms with van der Waals surface area (Å²) < 4.78 is 24.1. The molecule has 21 heavy (non-hydrogen) atoms. The first-order valence-electron chi connectivity index (χ1n) is 6.95. The molecule has 1 aromatic carbocycles. The number of ether oxygens (including phenoxy) is 2. The lowest BCUT2D eigenvalue weighted by molar-refractivity contribution is -0.385. The predicted molar refractivity (Wildman–Crippen MR) is 76.3 cm³/mol. The van der Waals surface area contributed by atoms with Crippen LogP contribution in [-0.2, 0) is 4.74 Å². The van der Waals surface area contributed by atoms with Crippen molar-refractivity contribution in [2.75, 3.05) is 32.2 Å². The predicted octanol–water partition coefficient (Wildman–Crippen LogP) is 2.97. The molecule has 1 fully saturated rings. The molecule has 1 saturated carbocycles. The molecular weight excluding hydrogens is 279 g/mol. The van der Waals surface area contributed by atoms with Gasteiger partial charge in [0.25, 0.3) is 0 Å². The summed E-state index contributed by atoms with van der Waals surface area (Å²) >= 11 is 0. The van der Waals surface area contributed by atoms with Crippen molar-refractivity contribution in [3.63, 3.8) is 0 Å². The normalized spacial score (nSPS) is 14.0. The highest BCUT2D eigenvalue weighted by molar-refractivity contribution is 5.59. The molecule has 2 rings (SSSR count). The number of anilines is 1. The number of hydrogen-bond donors (Lipinski definition) is 1. The van der Waals surface area contributed by atoms with Crippen molar-refractivity contribution in [1.82, 2.24) is 0 Å². The zero-order chi connectivity index (χ0) is 15.2. The van der Waals surface area contributed by atoms with Crippen LogP contribution in [0, 0.1) is 21.8 Å². The minimum atomic E-state index is -0.669. The van der Waals surface area contributed by atoms with E-state index in [-0.39, 0.29) is 17.1 Å². The third-order valence-electron chi connectivity index (χ3n) is 3.30. The fourth-order valence-corrected chi connectivity index (χ4v) is 1.92. The lowest BCUT2D eigenvalue weighted by atomic mass is 10.2. The van der Waals surface area contributed by atoms with E-state index in [0.29, 0.717) is 13.2 Å². The van der Waals surface area contributed by atoms with Crippen LogP contribution in [0.4, 0.5) is 15.8 Å². The highest BCUT2D eigenvalue weighted by Gasteiger charge is 2.21. The number of nitrogens with zero attached hydrogens (tertiary/aromatic N) is 1. The van der Waals surface area contributed by atoms with E-state index < -0.39 is 10.7 Å². The summed E-state index contributed by atoms with van der Waals surface area (Å²) in [6.07, 6.45) is 3.25. The van der Waals surface area contributed by atoms with Crippen LogP contribution in [0.15, 0.2) is 12.1 Å². The molecular formula is C14H19FN2O4. The number of halogens is 1. The Bertz CT molecular complexity index is 506. The summed E-state index contributed by atoms with van der Waals surface area (Å²) in [6.45, 7) is 1.96. The Morgan fingerprint density at radius 3 is 2.86 bits per heavy atom. The van der Waals surface area contributed by atoms with Crippen LogP contribution >= 0.6 is 0 Å². The Morgan fingerprint density at radius 2 is 2.24 bits per heavy atom. The number of nitrogens with one attached hydrogen (secondary N) is 1. The Kier molecular flexibility index (Phi) is 5.32. The second-order valence-electron chi connectivity index (χ2n) is 5.06. The van der Waals surface area contributed by atoms with Gasteiger partial charge in [-0.25, -0.2) is 4.39 Å². The molecule has 0 bridgehead atoms. The first-order chi connectivity index (χ1) is 10.1. The van der Waals surface area contributed by atoms with E-state index in [1.165, 1.54) is 26.0 Å². The van der Waals surface area contributed by atoms with Gasteiger partial charge in [0.15, 0.2) is 11.6 Å². The minimum absolute atomic E-state index is 0.0360. The standard InChI is InChI=1S/C14H19FN2O4/c1-20-14-8-12(11(15)7-13(14)17(18)19)16-5-2-6-21-9-10-3-4-10/h7-8,10,16H,2-6,9H2,1H3. The second kappa shape index (κ2) is 7.21. The van der Waals surface area contributed by atoms with Gasteiger partial charge in [-0.3, -0.25) is 10.1 Å². The highest BCUT2D eigenvalue weighted by Crippen LogP contribution is 2.32. The Morgan fingerprint density at radius 1 is 1.48 bits per heavy atom. The molecule has 7 heteroatoms. The summed E-state index contributed by atoms with van der Waals surface area (Å²) in [5, 5.41) is 13.7. The maximum absolute atomic E-state index is 13.8. The van der Waals surface area contributed by atoms with Gasteiger partial charge in [-0.2, -0.15) is 0 Å². The Hall–Kier alpha value is -1.89. The van der Waals surface area contributed by atoms with Gasteiger partial charge < -0.3 is 14.8 Å². The maximum Gasteiger partial charge on any atom is 0.313 e. The number of nitro benzene ring substituents is 1. The van der Waals surface area contributed by atoms with E-state index in [9.17, 15) is 14.5 Å². The van der Waals surface area contributed by atoms with Crippen molar-refractivity contribution in [3.8, 4) is 5.75 Å². The quantitative estimate of drug-likeness (QED) is 0.431. The third-order valence-corrected chi connectivity index (χ3v) is 3.30. The fourth-order valence-electron chi connectivity index (χ4n) is 1.92. The van der Waals surface area contributed by atoms with Crippen molar-refractivity contribution >= 4 is 11.4 Å². The molecule has 0 unspecified atom stereocenters. The van der Waals surface area contributed by atoms with Crippen molar-refractivity contribution in [1.29, 1.82) is 0 Å². The average molecular weight is 298 g/mol. The van der Waals surface area contributed by atoms with Gasteiger partial charge >= 0.3 is 5.69 Å². The lowest BCUT2D eigenvalue weighted by Gasteiger charge is -2.10. The number of methoxy groups -OCH3 is 1. The number of benzene rings is 1. The monoisotopic (exact) mass is 298 g/mol. The fraction of sp³-hybridized carbons (Fsp3) is 0.571. The van der Waals surface area contributed by atoms with E-state index in [0.717, 1.165) is 25.0 Å². The Labute approximate surface area is 122 Å². The molecule has 1 aliphatic carbocycles. The molecule has 0 saturated heterocycles. The zero-order valence-electron chi connectivity index (χ0n) is 11.9. The summed E-state index contributed by atoms with van der Waals surface area (Å²) in [5.41, 5.74) is -0.187. The van der Waals surface area contributed by atoms with Gasteiger partial charge in [-0.1, -0.05) is 0 Å². The molecule has 116 valence electrons. The molecule has 1 N–H and O–H groups in total. The van der Waals surface area contributed by atoms with E-state index in [1.54, 1.807) is 0 Å². The van der Waals surface area contributed by atoms with E-state index >= 15 is 0 Å². The van der Waals surface area contributed by atoms with Crippen LogP contribution in [-0.4, -0.2) is 31.8 Å². The SMILES string of the molecule is COc1cc(NCCCOCC2CC2)c(F)cc1[N+](=O)[O-]. The number of nitro groups is 1. The second-order valence-corrected chi connectivity index (χ2v) is 5.06. The molecule has 0 amide bonds. The minimum Gasteiger partial charge on any atom is -0.490 e. The summed E-state index contributed by atoms with van der Waals surface area (Å²) in [7, 11) is 1.32. The van der Waals surface area contributed by atoms with Gasteiger partial charge in [0, 0.05) is 25.8 Å². The first-order valence-corrected chi connectivity index (χ1v) is 6.95. The van der Waals surface area contributed by atoms with E-state index in [2.05, 4.69) is 5.32 Å². The molecule has 0 aromatic heterocycles. The first kappa shape index (κ1) is 15.5. The van der Waals surface area contributed by atoms with Gasteiger partial charge in [-0.05, 0) is 25.2 Å². The molecule has 0 spiro atoms. The van der Waals surface area contributed by atoms with Crippen molar-refractivity contribution < 1.29 is 18.8 Å². The summed E-state index contributed by atoms with van der Waals surface area (Å²) in [5.74, 6) is 0.101. The number of hydrogen-bond acceptors (Lipinski definition) is 5. The molecule has 1 aromatic rings. The molecule has 0 heterocycles. The van der Waals surface area contributed by atoms with Crippen LogP contribution in [0.25, 0.3) is 0 Å². The molecule has 0 radical (unpaired) electrons. The van der Waals surface area contributed by atoms with Crippen LogP contribution in [0.2, 0.25) is 0 Å². The van der Waals surface area contributed by atoms with Gasteiger partial charge in [0.05, 0.1) is 23.8 Å². The smallest absolute Gasteiger partial charge is 0.313 e. The van der Waals surface area contributed by atoms with Gasteiger partial charge in [0.1, 0.15) is 0 Å². The van der Waals surface area contributed by atoms with Crippen molar-refractivity contribution in [2.45, 2.75) is 19.3 Å². The van der Waals surface area contributed by atoms with Crippen LogP contribution in [0.3, 0.4) is 0 Å². The largest absolute Gasteiger partial charge is 0.490 e. The topological polar surface area (TPSA) is 73.6 Å². The zero-order valence-corrected chi connectivity index (χ0v) is 11.9. The summed E-state index contributed by atoms with van der Waals surface area (Å²) in [6, 6.07) is 2.17. The van der Waals surface area contributed by atoms with Crippen LogP contribution < -0.4 is 10.1 Å². The van der Waals surface area contributed by atoms with Crippen molar-refractivity contribution in [2.24, 2.45) is 5.92 Å². The third kappa shape index (κ3) is 4.56. The van der Waals surface area contributed by atoms with Crippen LogP contribution in [0.1, 0.15) is 19.3 Å². The lowest BCUT2D eigenvalue weighted by Crippen LogP contribution is -2.08. The Balaban J connectivity index is 1.82. The molecule has 0 atom stereocenters. The molecule has 0 aliphatic heterocycles. The summed E-state index contributed by atoms with van der Waals surface area (Å²) in [4.78, 5) is 10.1. The average Bonchev–Trinajstić information content (AvgIpc) is 3.27. The van der Waals surface area contributed by atoms with E-state index in [4.69, 9.17) is 9.47 Å². The van der Waals surface area contributed by atoms with Gasteiger partial charge in [-0.15, -0.1) is 0 Å². The van der Waals surface area contributed by atoms with Gasteiger partial charge in [0.2, 0.25) is 0 Å². The van der Waals surface area contributed by atoms with E-state index in [1.807, 2.05) is 0 Å². The molecule has 6 nitrogen and oxygen atoms in total.